The Balaban J connectivity index is 1.83. The van der Waals surface area contributed by atoms with E-state index in [1.165, 1.54) is 35.2 Å². The van der Waals surface area contributed by atoms with E-state index in [-0.39, 0.29) is 16.0 Å². The molecule has 0 saturated heterocycles. The average Bonchev–Trinajstić information content (AvgIpc) is 2.94. The number of aromatic nitrogens is 2. The van der Waals surface area contributed by atoms with Gasteiger partial charge >= 0.3 is 0 Å². The van der Waals surface area contributed by atoms with Crippen molar-refractivity contribution in [3.8, 4) is 0 Å². The number of halogens is 3. The van der Waals surface area contributed by atoms with Crippen molar-refractivity contribution in [2.24, 2.45) is 7.05 Å². The van der Waals surface area contributed by atoms with Gasteiger partial charge in [0.15, 0.2) is 0 Å². The molecule has 0 aliphatic carbocycles. The zero-order valence-electron chi connectivity index (χ0n) is 13.8. The summed E-state index contributed by atoms with van der Waals surface area (Å²) in [6.07, 6.45) is 1.36. The highest BCUT2D eigenvalue weighted by Crippen LogP contribution is 2.29. The van der Waals surface area contributed by atoms with E-state index in [9.17, 15) is 18.4 Å². The smallest absolute Gasteiger partial charge is 0.290 e. The molecule has 136 valence electrons. The standard InChI is InChI=1S/C17H14ClF2N3O2S/c1-9-12-15(22-8-23(2)16(12)25)26-13(9)14(24)21-7-17(19,20)10-3-5-11(18)6-4-10/h3-6,8H,7H2,1-2H3,(H,21,24). The lowest BCUT2D eigenvalue weighted by molar-refractivity contribution is -0.00243. The number of alkyl halides is 2. The molecule has 26 heavy (non-hydrogen) atoms. The summed E-state index contributed by atoms with van der Waals surface area (Å²) in [5.41, 5.74) is -0.0916. The summed E-state index contributed by atoms with van der Waals surface area (Å²) >= 11 is 6.71. The van der Waals surface area contributed by atoms with E-state index in [0.29, 0.717) is 20.8 Å². The molecule has 0 spiro atoms. The first-order chi connectivity index (χ1) is 12.2. The molecule has 1 aromatic carbocycles. The maximum atomic E-state index is 14.3. The molecule has 0 bridgehead atoms. The highest BCUT2D eigenvalue weighted by Gasteiger charge is 2.32. The minimum absolute atomic E-state index is 0.197. The van der Waals surface area contributed by atoms with E-state index < -0.39 is 18.4 Å². The molecule has 0 radical (unpaired) electrons. The van der Waals surface area contributed by atoms with E-state index >= 15 is 0 Å². The normalized spacial score (nSPS) is 11.7. The Bertz CT molecular complexity index is 1040. The number of hydrogen-bond acceptors (Lipinski definition) is 4. The van der Waals surface area contributed by atoms with E-state index in [1.54, 1.807) is 14.0 Å². The summed E-state index contributed by atoms with van der Waals surface area (Å²) < 4.78 is 29.8. The van der Waals surface area contributed by atoms with Gasteiger partial charge in [0, 0.05) is 17.6 Å². The lowest BCUT2D eigenvalue weighted by Gasteiger charge is -2.17. The van der Waals surface area contributed by atoms with Crippen LogP contribution < -0.4 is 10.9 Å². The number of amides is 1. The van der Waals surface area contributed by atoms with Gasteiger partial charge in [-0.05, 0) is 24.6 Å². The molecule has 0 aliphatic heterocycles. The summed E-state index contributed by atoms with van der Waals surface area (Å²) in [7, 11) is 1.55. The van der Waals surface area contributed by atoms with E-state index in [1.807, 2.05) is 0 Å². The number of hydrogen-bond donors (Lipinski definition) is 1. The summed E-state index contributed by atoms with van der Waals surface area (Å²) in [6, 6.07) is 5.16. The summed E-state index contributed by atoms with van der Waals surface area (Å²) in [5.74, 6) is -3.92. The Morgan fingerprint density at radius 3 is 2.65 bits per heavy atom. The molecule has 0 fully saturated rings. The van der Waals surface area contributed by atoms with Crippen molar-refractivity contribution in [3.05, 3.63) is 62.0 Å². The summed E-state index contributed by atoms with van der Waals surface area (Å²) in [6.45, 7) is 0.737. The third kappa shape index (κ3) is 3.34. The molecule has 0 saturated carbocycles. The van der Waals surface area contributed by atoms with E-state index in [4.69, 9.17) is 11.6 Å². The van der Waals surface area contributed by atoms with Gasteiger partial charge in [-0.1, -0.05) is 23.7 Å². The van der Waals surface area contributed by atoms with Gasteiger partial charge in [-0.3, -0.25) is 9.59 Å². The third-order valence-corrected chi connectivity index (χ3v) is 5.40. The van der Waals surface area contributed by atoms with Gasteiger partial charge in [0.1, 0.15) is 4.83 Å². The SMILES string of the molecule is Cc1c(C(=O)NCC(F)(F)c2ccc(Cl)cc2)sc2ncn(C)c(=O)c12. The van der Waals surface area contributed by atoms with Crippen molar-refractivity contribution in [1.82, 2.24) is 14.9 Å². The summed E-state index contributed by atoms with van der Waals surface area (Å²) in [5, 5.41) is 2.92. The fourth-order valence-corrected chi connectivity index (χ4v) is 3.67. The van der Waals surface area contributed by atoms with Crippen molar-refractivity contribution in [3.63, 3.8) is 0 Å². The quantitative estimate of drug-likeness (QED) is 0.733. The van der Waals surface area contributed by atoms with Crippen LogP contribution in [0.1, 0.15) is 20.8 Å². The molecule has 3 rings (SSSR count). The Hall–Kier alpha value is -2.32. The number of rotatable bonds is 4. The highest BCUT2D eigenvalue weighted by atomic mass is 35.5. The van der Waals surface area contributed by atoms with Crippen LogP contribution in [0.2, 0.25) is 5.02 Å². The van der Waals surface area contributed by atoms with Crippen molar-refractivity contribution in [2.75, 3.05) is 6.54 Å². The molecule has 0 atom stereocenters. The highest BCUT2D eigenvalue weighted by molar-refractivity contribution is 7.20. The second-order valence-corrected chi connectivity index (χ2v) is 7.23. The van der Waals surface area contributed by atoms with Crippen LogP contribution in [0.3, 0.4) is 0 Å². The van der Waals surface area contributed by atoms with Crippen LogP contribution in [0, 0.1) is 6.92 Å². The average molecular weight is 398 g/mol. The van der Waals surface area contributed by atoms with Crippen LogP contribution in [0.5, 0.6) is 0 Å². The van der Waals surface area contributed by atoms with Gasteiger partial charge in [0.2, 0.25) is 0 Å². The van der Waals surface area contributed by atoms with Crippen molar-refractivity contribution < 1.29 is 13.6 Å². The molecule has 5 nitrogen and oxygen atoms in total. The Morgan fingerprint density at radius 2 is 2.00 bits per heavy atom. The predicted octanol–water partition coefficient (Wildman–Crippen LogP) is 3.48. The maximum Gasteiger partial charge on any atom is 0.290 e. The van der Waals surface area contributed by atoms with Crippen LogP contribution in [-0.4, -0.2) is 22.0 Å². The number of benzene rings is 1. The molecule has 3 aromatic rings. The molecule has 9 heteroatoms. The molecule has 1 N–H and O–H groups in total. The first-order valence-corrected chi connectivity index (χ1v) is 8.77. The lowest BCUT2D eigenvalue weighted by atomic mass is 10.1. The minimum Gasteiger partial charge on any atom is -0.345 e. The zero-order chi connectivity index (χ0) is 19.1. The number of thiophene rings is 1. The Morgan fingerprint density at radius 1 is 1.35 bits per heavy atom. The van der Waals surface area contributed by atoms with Crippen molar-refractivity contribution in [1.29, 1.82) is 0 Å². The van der Waals surface area contributed by atoms with Gasteiger partial charge in [-0.25, -0.2) is 4.98 Å². The third-order valence-electron chi connectivity index (χ3n) is 3.95. The Labute approximate surface area is 156 Å². The van der Waals surface area contributed by atoms with Crippen molar-refractivity contribution >= 4 is 39.1 Å². The molecular formula is C17H14ClF2N3O2S. The van der Waals surface area contributed by atoms with Gasteiger partial charge in [-0.15, -0.1) is 11.3 Å². The second-order valence-electron chi connectivity index (χ2n) is 5.79. The second kappa shape index (κ2) is 6.77. The van der Waals surface area contributed by atoms with Gasteiger partial charge < -0.3 is 9.88 Å². The van der Waals surface area contributed by atoms with Crippen LogP contribution in [0.15, 0.2) is 35.4 Å². The summed E-state index contributed by atoms with van der Waals surface area (Å²) in [4.78, 5) is 29.3. The first-order valence-electron chi connectivity index (χ1n) is 7.57. The minimum atomic E-state index is -3.25. The van der Waals surface area contributed by atoms with E-state index in [2.05, 4.69) is 10.3 Å². The lowest BCUT2D eigenvalue weighted by Crippen LogP contribution is -2.34. The van der Waals surface area contributed by atoms with Crippen LogP contribution in [0.25, 0.3) is 10.2 Å². The van der Waals surface area contributed by atoms with Crippen LogP contribution >= 0.6 is 22.9 Å². The molecule has 1 amide bonds. The fraction of sp³-hybridized carbons (Fsp3) is 0.235. The van der Waals surface area contributed by atoms with E-state index in [0.717, 1.165) is 11.3 Å². The molecule has 2 heterocycles. The number of carbonyl (C=O) groups excluding carboxylic acids is 1. The van der Waals surface area contributed by atoms with Crippen LogP contribution in [0.4, 0.5) is 8.78 Å². The predicted molar refractivity (Wildman–Crippen MR) is 97.3 cm³/mol. The number of aryl methyl sites for hydroxylation is 2. The number of fused-ring (bicyclic) bond motifs is 1. The number of carbonyl (C=O) groups is 1. The molecule has 0 aliphatic rings. The van der Waals surface area contributed by atoms with Gasteiger partial charge in [0.25, 0.3) is 17.4 Å². The molecule has 0 unspecified atom stereocenters. The number of nitrogens with zero attached hydrogens (tertiary/aromatic N) is 2. The van der Waals surface area contributed by atoms with Crippen molar-refractivity contribution in [2.45, 2.75) is 12.8 Å². The fourth-order valence-electron chi connectivity index (χ4n) is 2.49. The maximum absolute atomic E-state index is 14.3. The number of nitrogens with one attached hydrogen (secondary N) is 1. The molecule has 2 aromatic heterocycles. The first kappa shape index (κ1) is 18.5. The largest absolute Gasteiger partial charge is 0.345 e. The van der Waals surface area contributed by atoms with Gasteiger partial charge in [0.05, 0.1) is 23.1 Å². The van der Waals surface area contributed by atoms with Gasteiger partial charge in [-0.2, -0.15) is 8.78 Å². The van der Waals surface area contributed by atoms with Crippen LogP contribution in [-0.2, 0) is 13.0 Å². The monoisotopic (exact) mass is 397 g/mol. The zero-order valence-corrected chi connectivity index (χ0v) is 15.4. The molecular weight excluding hydrogens is 384 g/mol. The Kier molecular flexibility index (Phi) is 4.81. The topological polar surface area (TPSA) is 64.0 Å².